The number of anilines is 5. The Labute approximate surface area is 247 Å². The van der Waals surface area contributed by atoms with Crippen LogP contribution in [0.3, 0.4) is 0 Å². The average Bonchev–Trinajstić information content (AvgIpc) is 3.07. The van der Waals surface area contributed by atoms with E-state index in [-0.39, 0.29) is 0 Å². The van der Waals surface area contributed by atoms with Crippen LogP contribution in [0.15, 0.2) is 181 Å². The van der Waals surface area contributed by atoms with Gasteiger partial charge < -0.3 is 4.90 Å². The Hall–Kier alpha value is -5.74. The molecule has 202 valence electrons. The van der Waals surface area contributed by atoms with Crippen LogP contribution in [-0.2, 0) is 0 Å². The van der Waals surface area contributed by atoms with E-state index >= 15 is 0 Å². The second kappa shape index (κ2) is 12.6. The molecule has 4 heteroatoms. The molecule has 0 saturated carbocycles. The summed E-state index contributed by atoms with van der Waals surface area (Å²) in [6.07, 6.45) is 1.94. The van der Waals surface area contributed by atoms with Gasteiger partial charge in [-0.3, -0.25) is 4.90 Å². The predicted molar refractivity (Wildman–Crippen MR) is 175 cm³/mol. The molecule has 0 bridgehead atoms. The molecule has 6 aromatic rings. The molecular formula is C38H30N4. The molecule has 0 aliphatic rings. The molecule has 0 heterocycles. The summed E-state index contributed by atoms with van der Waals surface area (Å²) in [5, 5.41) is 3.93. The highest BCUT2D eigenvalue weighted by atomic mass is 15.3. The molecule has 0 aromatic heterocycles. The summed E-state index contributed by atoms with van der Waals surface area (Å²) < 4.78 is 0. The standard InChI is InChI=1S/C38H30N4/c39-40-38(42(35-17-9-3-10-18-35)36-19-11-4-12-20-36)29-30-21-23-31(24-22-30)32-25-27-37(28-26-32)41(33-13-5-1-6-14-33)34-15-7-2-8-16-34/h1-29,39H. The van der Waals surface area contributed by atoms with Crippen molar-refractivity contribution in [1.29, 1.82) is 5.53 Å². The first-order valence-electron chi connectivity index (χ1n) is 13.9. The van der Waals surface area contributed by atoms with E-state index in [2.05, 4.69) is 107 Å². The Morgan fingerprint density at radius 3 is 1.19 bits per heavy atom. The topological polar surface area (TPSA) is 42.7 Å². The molecule has 6 rings (SSSR count). The summed E-state index contributed by atoms with van der Waals surface area (Å²) in [4.78, 5) is 4.25. The van der Waals surface area contributed by atoms with Crippen LogP contribution in [0.4, 0.5) is 28.4 Å². The van der Waals surface area contributed by atoms with E-state index in [1.807, 2.05) is 83.8 Å². The van der Waals surface area contributed by atoms with Crippen LogP contribution in [0.1, 0.15) is 5.56 Å². The Kier molecular flexibility index (Phi) is 7.96. The minimum Gasteiger partial charge on any atom is -0.311 e. The summed E-state index contributed by atoms with van der Waals surface area (Å²) in [5.74, 6) is 0.534. The highest BCUT2D eigenvalue weighted by Gasteiger charge is 2.15. The number of para-hydroxylation sites is 4. The zero-order valence-electron chi connectivity index (χ0n) is 23.1. The summed E-state index contributed by atoms with van der Waals surface area (Å²) in [6.45, 7) is 0. The van der Waals surface area contributed by atoms with E-state index < -0.39 is 0 Å². The zero-order chi connectivity index (χ0) is 28.6. The molecule has 42 heavy (non-hydrogen) atoms. The number of nitrogens with one attached hydrogen (secondary N) is 1. The molecule has 0 aliphatic carbocycles. The molecular weight excluding hydrogens is 512 g/mol. The third kappa shape index (κ3) is 5.88. The lowest BCUT2D eigenvalue weighted by atomic mass is 10.0. The molecule has 6 aromatic carbocycles. The molecule has 0 unspecified atom stereocenters. The molecule has 0 radical (unpaired) electrons. The maximum atomic E-state index is 8.01. The van der Waals surface area contributed by atoms with Gasteiger partial charge in [-0.05, 0) is 83.4 Å². The largest absolute Gasteiger partial charge is 0.311 e. The second-order valence-corrected chi connectivity index (χ2v) is 9.80. The van der Waals surface area contributed by atoms with Crippen molar-refractivity contribution in [3.8, 4) is 11.1 Å². The van der Waals surface area contributed by atoms with Crippen molar-refractivity contribution < 1.29 is 0 Å². The van der Waals surface area contributed by atoms with E-state index in [4.69, 9.17) is 5.53 Å². The van der Waals surface area contributed by atoms with Crippen LogP contribution < -0.4 is 9.80 Å². The van der Waals surface area contributed by atoms with Gasteiger partial charge >= 0.3 is 0 Å². The van der Waals surface area contributed by atoms with Gasteiger partial charge in [-0.2, -0.15) is 0 Å². The third-order valence-corrected chi connectivity index (χ3v) is 7.07. The van der Waals surface area contributed by atoms with Crippen molar-refractivity contribution in [2.24, 2.45) is 5.11 Å². The van der Waals surface area contributed by atoms with Crippen molar-refractivity contribution in [3.05, 3.63) is 181 Å². The predicted octanol–water partition coefficient (Wildman–Crippen LogP) is 11.0. The smallest absolute Gasteiger partial charge is 0.160 e. The fraction of sp³-hybridized carbons (Fsp3) is 0. The van der Waals surface area contributed by atoms with Crippen LogP contribution in [0.2, 0.25) is 0 Å². The molecule has 0 spiro atoms. The Bertz CT molecular complexity index is 1670. The summed E-state index contributed by atoms with van der Waals surface area (Å²) in [5.41, 5.74) is 16.5. The number of nitrogens with zero attached hydrogens (tertiary/aromatic N) is 3. The van der Waals surface area contributed by atoms with E-state index in [9.17, 15) is 0 Å². The van der Waals surface area contributed by atoms with Gasteiger partial charge in [0.05, 0.1) is 0 Å². The first-order chi connectivity index (χ1) is 20.8. The van der Waals surface area contributed by atoms with Gasteiger partial charge in [-0.1, -0.05) is 109 Å². The summed E-state index contributed by atoms with van der Waals surface area (Å²) in [6, 6.07) is 57.9. The molecule has 0 amide bonds. The van der Waals surface area contributed by atoms with Gasteiger partial charge in [0.15, 0.2) is 5.82 Å². The SMILES string of the molecule is N=NC(=Cc1ccc(-c2ccc(N(c3ccccc3)c3ccccc3)cc2)cc1)N(c1ccccc1)c1ccccc1. The first-order valence-corrected chi connectivity index (χ1v) is 13.9. The van der Waals surface area contributed by atoms with Crippen LogP contribution in [0.5, 0.6) is 0 Å². The van der Waals surface area contributed by atoms with Crippen molar-refractivity contribution in [1.82, 2.24) is 0 Å². The molecule has 0 saturated heterocycles. The number of hydrogen-bond acceptors (Lipinski definition) is 4. The minimum absolute atomic E-state index is 0.534. The number of rotatable bonds is 9. The summed E-state index contributed by atoms with van der Waals surface area (Å²) in [7, 11) is 0. The maximum Gasteiger partial charge on any atom is 0.160 e. The maximum absolute atomic E-state index is 8.01. The van der Waals surface area contributed by atoms with Crippen LogP contribution in [0, 0.1) is 5.53 Å². The quantitative estimate of drug-likeness (QED) is 0.185. The Morgan fingerprint density at radius 1 is 0.429 bits per heavy atom. The Balaban J connectivity index is 1.28. The number of benzene rings is 6. The van der Waals surface area contributed by atoms with Crippen molar-refractivity contribution >= 4 is 34.5 Å². The highest BCUT2D eigenvalue weighted by molar-refractivity contribution is 5.79. The molecule has 4 nitrogen and oxygen atoms in total. The van der Waals surface area contributed by atoms with Crippen molar-refractivity contribution in [2.45, 2.75) is 0 Å². The first kappa shape index (κ1) is 26.5. The van der Waals surface area contributed by atoms with Gasteiger partial charge in [-0.15, -0.1) is 5.11 Å². The lowest BCUT2D eigenvalue weighted by molar-refractivity contribution is 1.00. The van der Waals surface area contributed by atoms with Crippen molar-refractivity contribution in [3.63, 3.8) is 0 Å². The number of hydrogen-bond donors (Lipinski definition) is 1. The van der Waals surface area contributed by atoms with Crippen LogP contribution >= 0.6 is 0 Å². The normalized spacial score (nSPS) is 11.1. The van der Waals surface area contributed by atoms with Crippen LogP contribution in [-0.4, -0.2) is 0 Å². The van der Waals surface area contributed by atoms with E-state index in [1.54, 1.807) is 0 Å². The summed E-state index contributed by atoms with van der Waals surface area (Å²) >= 11 is 0. The lowest BCUT2D eigenvalue weighted by Crippen LogP contribution is -2.14. The van der Waals surface area contributed by atoms with E-state index in [0.717, 1.165) is 45.1 Å². The monoisotopic (exact) mass is 542 g/mol. The molecule has 0 fully saturated rings. The fourth-order valence-corrected chi connectivity index (χ4v) is 5.04. The van der Waals surface area contributed by atoms with Crippen molar-refractivity contribution in [2.75, 3.05) is 9.80 Å². The molecule has 0 aliphatic heterocycles. The van der Waals surface area contributed by atoms with Gasteiger partial charge in [0.25, 0.3) is 0 Å². The van der Waals surface area contributed by atoms with Gasteiger partial charge in [0.2, 0.25) is 0 Å². The van der Waals surface area contributed by atoms with E-state index in [1.165, 1.54) is 0 Å². The zero-order valence-corrected chi connectivity index (χ0v) is 23.1. The fourth-order valence-electron chi connectivity index (χ4n) is 5.04. The average molecular weight is 543 g/mol. The second-order valence-electron chi connectivity index (χ2n) is 9.80. The highest BCUT2D eigenvalue weighted by Crippen LogP contribution is 2.36. The van der Waals surface area contributed by atoms with Gasteiger partial charge in [0, 0.05) is 28.4 Å². The van der Waals surface area contributed by atoms with E-state index in [0.29, 0.717) is 5.82 Å². The van der Waals surface area contributed by atoms with Crippen LogP contribution in [0.25, 0.3) is 17.2 Å². The Morgan fingerprint density at radius 2 is 0.786 bits per heavy atom. The third-order valence-electron chi connectivity index (χ3n) is 7.07. The minimum atomic E-state index is 0.534. The van der Waals surface area contributed by atoms with Gasteiger partial charge in [-0.25, -0.2) is 5.53 Å². The van der Waals surface area contributed by atoms with Gasteiger partial charge in [0.1, 0.15) is 0 Å². The lowest BCUT2D eigenvalue weighted by Gasteiger charge is -2.25. The molecule has 0 atom stereocenters. The molecule has 1 N–H and O–H groups in total.